The number of benzene rings is 1. The highest BCUT2D eigenvalue weighted by Gasteiger charge is 2.36. The summed E-state index contributed by atoms with van der Waals surface area (Å²) in [5, 5.41) is 0.895. The molecule has 1 aromatic carbocycles. The van der Waals surface area contributed by atoms with Gasteiger partial charge in [0, 0.05) is 23.1 Å². The number of cyclic esters (lactones) is 1. The van der Waals surface area contributed by atoms with Crippen molar-refractivity contribution in [3.63, 3.8) is 0 Å². The number of rotatable bonds is 4. The van der Waals surface area contributed by atoms with Gasteiger partial charge in [-0.1, -0.05) is 18.2 Å². The van der Waals surface area contributed by atoms with Crippen molar-refractivity contribution in [3.8, 4) is 0 Å². The van der Waals surface area contributed by atoms with Crippen molar-refractivity contribution in [1.82, 2.24) is 0 Å². The second kappa shape index (κ2) is 6.04. The minimum Gasteiger partial charge on any atom is -0.460 e. The van der Waals surface area contributed by atoms with Crippen LogP contribution >= 0.6 is 11.8 Å². The molecule has 6 heteroatoms. The first kappa shape index (κ1) is 15.0. The average molecular weight is 320 g/mol. The van der Waals surface area contributed by atoms with E-state index in [1.54, 1.807) is 18.7 Å². The minimum absolute atomic E-state index is 0.169. The Hall–Kier alpha value is -1.95. The lowest BCUT2D eigenvalue weighted by Gasteiger charge is -2.07. The molecule has 1 saturated heterocycles. The molecule has 116 valence electrons. The van der Waals surface area contributed by atoms with Gasteiger partial charge in [-0.3, -0.25) is 0 Å². The number of ether oxygens (including phenoxy) is 2. The third-order valence-corrected chi connectivity index (χ3v) is 4.13. The largest absolute Gasteiger partial charge is 0.460 e. The van der Waals surface area contributed by atoms with E-state index in [9.17, 15) is 9.59 Å². The molecule has 0 spiro atoms. The van der Waals surface area contributed by atoms with Gasteiger partial charge in [0.2, 0.25) is 11.9 Å². The maximum absolute atomic E-state index is 12.4. The van der Waals surface area contributed by atoms with Crippen molar-refractivity contribution < 1.29 is 23.5 Å². The summed E-state index contributed by atoms with van der Waals surface area (Å²) in [6.45, 7) is 1.77. The van der Waals surface area contributed by atoms with Gasteiger partial charge in [-0.05, 0) is 19.2 Å². The van der Waals surface area contributed by atoms with Crippen LogP contribution in [0.15, 0.2) is 28.7 Å². The van der Waals surface area contributed by atoms with E-state index in [0.29, 0.717) is 17.8 Å². The van der Waals surface area contributed by atoms with Crippen LogP contribution in [0.25, 0.3) is 11.0 Å². The molecule has 2 atom stereocenters. The van der Waals surface area contributed by atoms with Crippen LogP contribution in [0.1, 0.15) is 29.5 Å². The zero-order chi connectivity index (χ0) is 15.7. The molecular formula is C16H16O5S. The minimum atomic E-state index is -0.849. The van der Waals surface area contributed by atoms with Gasteiger partial charge < -0.3 is 13.9 Å². The van der Waals surface area contributed by atoms with Crippen molar-refractivity contribution >= 4 is 34.7 Å². The fourth-order valence-electron chi connectivity index (χ4n) is 2.55. The van der Waals surface area contributed by atoms with Gasteiger partial charge in [-0.2, -0.15) is 11.8 Å². The zero-order valence-corrected chi connectivity index (χ0v) is 13.1. The summed E-state index contributed by atoms with van der Waals surface area (Å²) in [7, 11) is 0. The molecule has 5 nitrogen and oxygen atoms in total. The maximum atomic E-state index is 12.4. The second-order valence-corrected chi connectivity index (χ2v) is 6.08. The van der Waals surface area contributed by atoms with Gasteiger partial charge in [0.15, 0.2) is 0 Å². The van der Waals surface area contributed by atoms with Crippen LogP contribution in [0, 0.1) is 0 Å². The normalized spacial score (nSPS) is 21.1. The summed E-state index contributed by atoms with van der Waals surface area (Å²) >= 11 is 1.59. The predicted octanol–water partition coefficient (Wildman–Crippen LogP) is 3.16. The summed E-state index contributed by atoms with van der Waals surface area (Å²) in [6.07, 6.45) is 1.25. The van der Waals surface area contributed by atoms with Gasteiger partial charge in [0.05, 0.1) is 0 Å². The average Bonchev–Trinajstić information content (AvgIpc) is 3.00. The number of hydrogen-bond donors (Lipinski definition) is 0. The molecule has 2 aromatic rings. The zero-order valence-electron chi connectivity index (χ0n) is 12.3. The molecule has 1 aliphatic rings. The molecule has 2 heterocycles. The number of furan rings is 1. The Balaban J connectivity index is 1.90. The molecule has 1 fully saturated rings. The fourth-order valence-corrected chi connectivity index (χ4v) is 3.13. The first-order valence-electron chi connectivity index (χ1n) is 7.01. The molecule has 3 rings (SSSR count). The van der Waals surface area contributed by atoms with Gasteiger partial charge in [0.25, 0.3) is 0 Å². The van der Waals surface area contributed by atoms with E-state index >= 15 is 0 Å². The third-order valence-electron chi connectivity index (χ3n) is 3.55. The van der Waals surface area contributed by atoms with E-state index in [4.69, 9.17) is 13.9 Å². The lowest BCUT2D eigenvalue weighted by molar-refractivity contribution is -0.147. The standard InChI is InChI=1S/C16H16O5S/c1-9-7-13(15(17)19-9)21-16(18)14-11(8-22-2)10-5-3-4-6-12(10)20-14/h3-6,9,13H,7-8H2,1-2H3/t9-,13+/m1/s1. The molecular weight excluding hydrogens is 304 g/mol. The van der Waals surface area contributed by atoms with Crippen LogP contribution in [0.2, 0.25) is 0 Å². The van der Waals surface area contributed by atoms with Gasteiger partial charge in [-0.15, -0.1) is 0 Å². The number of carbonyl (C=O) groups is 2. The summed E-state index contributed by atoms with van der Waals surface area (Å²) in [6, 6.07) is 7.46. The lowest BCUT2D eigenvalue weighted by atomic mass is 10.1. The number of hydrogen-bond acceptors (Lipinski definition) is 6. The summed E-state index contributed by atoms with van der Waals surface area (Å²) in [4.78, 5) is 24.0. The van der Waals surface area contributed by atoms with Crippen LogP contribution in [-0.4, -0.2) is 30.4 Å². The van der Waals surface area contributed by atoms with Crippen LogP contribution < -0.4 is 0 Å². The van der Waals surface area contributed by atoms with Crippen LogP contribution in [0.5, 0.6) is 0 Å². The molecule has 0 N–H and O–H groups in total. The van der Waals surface area contributed by atoms with Crippen molar-refractivity contribution in [2.45, 2.75) is 31.3 Å². The first-order chi connectivity index (χ1) is 10.6. The molecule has 0 amide bonds. The summed E-state index contributed by atoms with van der Waals surface area (Å²) in [5.41, 5.74) is 1.44. The third kappa shape index (κ3) is 2.70. The summed E-state index contributed by atoms with van der Waals surface area (Å²) < 4.78 is 15.9. The number of esters is 2. The van der Waals surface area contributed by atoms with E-state index < -0.39 is 18.0 Å². The molecule has 0 bridgehead atoms. The highest BCUT2D eigenvalue weighted by Crippen LogP contribution is 2.30. The Morgan fingerprint density at radius 1 is 1.41 bits per heavy atom. The van der Waals surface area contributed by atoms with Crippen LogP contribution in [0.3, 0.4) is 0 Å². The lowest BCUT2D eigenvalue weighted by Crippen LogP contribution is -2.23. The van der Waals surface area contributed by atoms with E-state index in [1.807, 2.05) is 30.5 Å². The molecule has 0 saturated carbocycles. The van der Waals surface area contributed by atoms with Gasteiger partial charge >= 0.3 is 11.9 Å². The molecule has 1 aromatic heterocycles. The first-order valence-corrected chi connectivity index (χ1v) is 8.40. The van der Waals surface area contributed by atoms with Crippen molar-refractivity contribution in [3.05, 3.63) is 35.6 Å². The quantitative estimate of drug-likeness (QED) is 0.806. The van der Waals surface area contributed by atoms with Gasteiger partial charge in [-0.25, -0.2) is 9.59 Å². The summed E-state index contributed by atoms with van der Waals surface area (Å²) in [5.74, 6) is -0.310. The van der Waals surface area contributed by atoms with E-state index in [0.717, 1.165) is 10.9 Å². The number of carbonyl (C=O) groups excluding carboxylic acids is 2. The Morgan fingerprint density at radius 3 is 2.86 bits per heavy atom. The SMILES string of the molecule is CSCc1c(C(=O)O[C@H]2C[C@@H](C)OC2=O)oc2ccccc12. The van der Waals surface area contributed by atoms with E-state index in [-0.39, 0.29) is 11.9 Å². The van der Waals surface area contributed by atoms with E-state index in [2.05, 4.69) is 0 Å². The van der Waals surface area contributed by atoms with E-state index in [1.165, 1.54) is 0 Å². The maximum Gasteiger partial charge on any atom is 0.375 e. The van der Waals surface area contributed by atoms with Crippen LogP contribution in [0.4, 0.5) is 0 Å². The Morgan fingerprint density at radius 2 is 2.18 bits per heavy atom. The Labute approximate surface area is 131 Å². The number of para-hydroxylation sites is 1. The highest BCUT2D eigenvalue weighted by atomic mass is 32.2. The molecule has 0 aliphatic carbocycles. The monoisotopic (exact) mass is 320 g/mol. The Bertz CT molecular complexity index is 720. The van der Waals surface area contributed by atoms with Crippen molar-refractivity contribution in [2.75, 3.05) is 6.26 Å². The van der Waals surface area contributed by atoms with Gasteiger partial charge in [0.1, 0.15) is 11.7 Å². The predicted molar refractivity (Wildman–Crippen MR) is 82.8 cm³/mol. The Kier molecular flexibility index (Phi) is 4.11. The topological polar surface area (TPSA) is 65.7 Å². The number of thioether (sulfide) groups is 1. The van der Waals surface area contributed by atoms with Crippen molar-refractivity contribution in [1.29, 1.82) is 0 Å². The molecule has 0 unspecified atom stereocenters. The number of fused-ring (bicyclic) bond motifs is 1. The second-order valence-electron chi connectivity index (χ2n) is 5.22. The fraction of sp³-hybridized carbons (Fsp3) is 0.375. The van der Waals surface area contributed by atoms with Crippen LogP contribution in [-0.2, 0) is 20.0 Å². The molecule has 1 aliphatic heterocycles. The molecule has 0 radical (unpaired) electrons. The smallest absolute Gasteiger partial charge is 0.375 e. The highest BCUT2D eigenvalue weighted by molar-refractivity contribution is 7.97. The molecule has 22 heavy (non-hydrogen) atoms. The van der Waals surface area contributed by atoms with Crippen molar-refractivity contribution in [2.24, 2.45) is 0 Å².